The van der Waals surface area contributed by atoms with Crippen LogP contribution in [0.5, 0.6) is 5.75 Å². The van der Waals surface area contributed by atoms with Crippen molar-refractivity contribution in [3.05, 3.63) is 29.3 Å². The van der Waals surface area contributed by atoms with E-state index in [0.29, 0.717) is 5.75 Å². The lowest BCUT2D eigenvalue weighted by Crippen LogP contribution is -2.19. The fourth-order valence-corrected chi connectivity index (χ4v) is 1.59. The van der Waals surface area contributed by atoms with Gasteiger partial charge in [-0.2, -0.15) is 0 Å². The van der Waals surface area contributed by atoms with Crippen molar-refractivity contribution in [2.24, 2.45) is 0 Å². The highest BCUT2D eigenvalue weighted by Gasteiger charge is 2.20. The molecule has 0 aliphatic rings. The number of carbonyl (C=O) groups is 1. The number of rotatable bonds is 3. The van der Waals surface area contributed by atoms with Crippen molar-refractivity contribution in [1.29, 1.82) is 0 Å². The zero-order chi connectivity index (χ0) is 13.1. The molecule has 0 aliphatic carbocycles. The Morgan fingerprint density at radius 3 is 2.47 bits per heavy atom. The molecule has 1 aromatic rings. The normalized spacial score (nSPS) is 11.4. The first kappa shape index (κ1) is 13.7. The molecule has 0 radical (unpaired) electrons. The maximum Gasteiger partial charge on any atom is 0.337 e. The van der Waals surface area contributed by atoms with Crippen LogP contribution in [0.1, 0.15) is 31.9 Å². The highest BCUT2D eigenvalue weighted by molar-refractivity contribution is 5.74. The molecule has 0 bridgehead atoms. The maximum atomic E-state index is 11.4. The van der Waals surface area contributed by atoms with E-state index in [1.165, 1.54) is 7.11 Å². The first-order chi connectivity index (χ1) is 7.84. The van der Waals surface area contributed by atoms with Crippen LogP contribution in [0.4, 0.5) is 0 Å². The molecule has 0 saturated carbocycles. The highest BCUT2D eigenvalue weighted by Crippen LogP contribution is 2.32. The van der Waals surface area contributed by atoms with Crippen LogP contribution in [0, 0.1) is 6.92 Å². The molecule has 0 saturated heterocycles. The van der Waals surface area contributed by atoms with Crippen molar-refractivity contribution in [3.8, 4) is 5.75 Å². The minimum absolute atomic E-state index is 0.0303. The van der Waals surface area contributed by atoms with Gasteiger partial charge in [0.2, 0.25) is 0 Å². The van der Waals surface area contributed by atoms with Crippen molar-refractivity contribution < 1.29 is 14.3 Å². The van der Waals surface area contributed by atoms with Gasteiger partial charge in [-0.15, -0.1) is 0 Å². The molecule has 17 heavy (non-hydrogen) atoms. The average Bonchev–Trinajstić information content (AvgIpc) is 2.19. The molecular weight excluding hydrogens is 216 g/mol. The van der Waals surface area contributed by atoms with Gasteiger partial charge in [-0.3, -0.25) is 0 Å². The summed E-state index contributed by atoms with van der Waals surface area (Å²) in [6, 6.07) is 5.82. The van der Waals surface area contributed by atoms with E-state index >= 15 is 0 Å². The molecule has 94 valence electrons. The smallest absolute Gasteiger partial charge is 0.337 e. The first-order valence-electron chi connectivity index (χ1n) is 5.65. The summed E-state index contributed by atoms with van der Waals surface area (Å²) in [4.78, 5) is 11.4. The topological polar surface area (TPSA) is 35.5 Å². The third kappa shape index (κ3) is 3.86. The Bertz CT molecular complexity index is 402. The second-order valence-electron chi connectivity index (χ2n) is 5.16. The van der Waals surface area contributed by atoms with E-state index in [9.17, 15) is 4.79 Å². The van der Waals surface area contributed by atoms with Crippen LogP contribution >= 0.6 is 0 Å². The fourth-order valence-electron chi connectivity index (χ4n) is 1.59. The van der Waals surface area contributed by atoms with E-state index < -0.39 is 0 Å². The van der Waals surface area contributed by atoms with Crippen LogP contribution in [0.15, 0.2) is 18.2 Å². The summed E-state index contributed by atoms with van der Waals surface area (Å²) in [5, 5.41) is 0. The molecule has 3 heteroatoms. The van der Waals surface area contributed by atoms with E-state index in [4.69, 9.17) is 9.47 Å². The number of methoxy groups -OCH3 is 1. The van der Waals surface area contributed by atoms with Gasteiger partial charge in [0.25, 0.3) is 0 Å². The first-order valence-corrected chi connectivity index (χ1v) is 5.65. The summed E-state index contributed by atoms with van der Waals surface area (Å²) in [5.41, 5.74) is 2.12. The number of carbonyl (C=O) groups excluding carboxylic acids is 1. The number of benzene rings is 1. The Kier molecular flexibility index (Phi) is 4.29. The fraction of sp³-hybridized carbons (Fsp3) is 0.500. The Morgan fingerprint density at radius 1 is 1.29 bits per heavy atom. The molecule has 0 atom stereocenters. The second-order valence-corrected chi connectivity index (χ2v) is 5.16. The lowest BCUT2D eigenvalue weighted by molar-refractivity contribution is -0.138. The minimum Gasteiger partial charge on any atom is -0.425 e. The third-order valence-corrected chi connectivity index (χ3v) is 2.43. The standard InChI is InChI=1S/C14H20O3/c1-10-6-7-12(17-13(15)9-16-5)11(8-10)14(2,3)4/h6-8H,9H2,1-5H3. The Morgan fingerprint density at radius 2 is 1.94 bits per heavy atom. The van der Waals surface area contributed by atoms with Gasteiger partial charge in [-0.05, 0) is 18.4 Å². The number of hydrogen-bond donors (Lipinski definition) is 0. The molecule has 0 spiro atoms. The lowest BCUT2D eigenvalue weighted by Gasteiger charge is -2.22. The van der Waals surface area contributed by atoms with E-state index in [-0.39, 0.29) is 18.0 Å². The van der Waals surface area contributed by atoms with Crippen molar-refractivity contribution >= 4 is 5.97 Å². The summed E-state index contributed by atoms with van der Waals surface area (Å²) < 4.78 is 10.1. The Hall–Kier alpha value is -1.35. The van der Waals surface area contributed by atoms with E-state index in [1.54, 1.807) is 0 Å². The van der Waals surface area contributed by atoms with Gasteiger partial charge in [0, 0.05) is 12.7 Å². The molecular formula is C14H20O3. The summed E-state index contributed by atoms with van der Waals surface area (Å²) >= 11 is 0. The van der Waals surface area contributed by atoms with Gasteiger partial charge >= 0.3 is 5.97 Å². The van der Waals surface area contributed by atoms with Crippen LogP contribution < -0.4 is 4.74 Å². The van der Waals surface area contributed by atoms with Crippen LogP contribution in [0.25, 0.3) is 0 Å². The van der Waals surface area contributed by atoms with Gasteiger partial charge in [-0.25, -0.2) is 4.79 Å². The van der Waals surface area contributed by atoms with Gasteiger partial charge in [0.1, 0.15) is 12.4 Å². The quantitative estimate of drug-likeness (QED) is 0.598. The maximum absolute atomic E-state index is 11.4. The molecule has 1 aromatic carbocycles. The van der Waals surface area contributed by atoms with Gasteiger partial charge < -0.3 is 9.47 Å². The molecule has 0 heterocycles. The summed E-state index contributed by atoms with van der Waals surface area (Å²) in [7, 11) is 1.47. The highest BCUT2D eigenvalue weighted by atomic mass is 16.6. The van der Waals surface area contributed by atoms with Crippen LogP contribution in [-0.4, -0.2) is 19.7 Å². The van der Waals surface area contributed by atoms with Crippen molar-refractivity contribution in [1.82, 2.24) is 0 Å². The zero-order valence-corrected chi connectivity index (χ0v) is 11.2. The molecule has 0 fully saturated rings. The Labute approximate surface area is 103 Å². The van der Waals surface area contributed by atoms with E-state index in [1.807, 2.05) is 19.1 Å². The Balaban J connectivity index is 3.03. The number of aryl methyl sites for hydroxylation is 1. The van der Waals surface area contributed by atoms with Crippen molar-refractivity contribution in [2.75, 3.05) is 13.7 Å². The predicted molar refractivity (Wildman–Crippen MR) is 67.4 cm³/mol. The van der Waals surface area contributed by atoms with Gasteiger partial charge in [0.05, 0.1) is 0 Å². The minimum atomic E-state index is -0.373. The molecule has 1 rings (SSSR count). The second kappa shape index (κ2) is 5.32. The molecule has 3 nitrogen and oxygen atoms in total. The monoisotopic (exact) mass is 236 g/mol. The molecule has 0 aliphatic heterocycles. The van der Waals surface area contributed by atoms with Crippen LogP contribution in [0.3, 0.4) is 0 Å². The van der Waals surface area contributed by atoms with Gasteiger partial charge in [-0.1, -0.05) is 38.5 Å². The number of ether oxygens (including phenoxy) is 2. The lowest BCUT2D eigenvalue weighted by atomic mass is 9.85. The molecule has 0 aromatic heterocycles. The largest absolute Gasteiger partial charge is 0.425 e. The summed E-state index contributed by atoms with van der Waals surface area (Å²) in [5.74, 6) is 0.243. The number of hydrogen-bond acceptors (Lipinski definition) is 3. The predicted octanol–water partition coefficient (Wildman–Crippen LogP) is 2.84. The number of esters is 1. The zero-order valence-electron chi connectivity index (χ0n) is 11.2. The molecule has 0 unspecified atom stereocenters. The molecule has 0 N–H and O–H groups in total. The van der Waals surface area contributed by atoms with Gasteiger partial charge in [0.15, 0.2) is 0 Å². The third-order valence-electron chi connectivity index (χ3n) is 2.43. The summed E-state index contributed by atoms with van der Waals surface area (Å²) in [6.07, 6.45) is 0. The van der Waals surface area contributed by atoms with Crippen LogP contribution in [0.2, 0.25) is 0 Å². The average molecular weight is 236 g/mol. The van der Waals surface area contributed by atoms with E-state index in [2.05, 4.69) is 26.8 Å². The van der Waals surface area contributed by atoms with Crippen LogP contribution in [-0.2, 0) is 14.9 Å². The van der Waals surface area contributed by atoms with E-state index in [0.717, 1.165) is 11.1 Å². The SMILES string of the molecule is COCC(=O)Oc1ccc(C)cc1C(C)(C)C. The molecule has 0 amide bonds. The van der Waals surface area contributed by atoms with Crippen molar-refractivity contribution in [3.63, 3.8) is 0 Å². The van der Waals surface area contributed by atoms with Crippen molar-refractivity contribution in [2.45, 2.75) is 33.1 Å². The summed E-state index contributed by atoms with van der Waals surface area (Å²) in [6.45, 7) is 8.27.